The molecule has 4 aromatic carbocycles. The number of ether oxygens (including phenoxy) is 4. The lowest BCUT2D eigenvalue weighted by Crippen LogP contribution is -2.40. The van der Waals surface area contributed by atoms with E-state index in [0.29, 0.717) is 42.9 Å². The van der Waals surface area contributed by atoms with Crippen molar-refractivity contribution in [2.75, 3.05) is 20.8 Å². The van der Waals surface area contributed by atoms with E-state index in [2.05, 4.69) is 0 Å². The second-order valence-corrected chi connectivity index (χ2v) is 11.9. The number of carbonyl (C=O) groups is 1. The van der Waals surface area contributed by atoms with Gasteiger partial charge in [-0.2, -0.15) is 0 Å². The van der Waals surface area contributed by atoms with E-state index in [1.165, 1.54) is 11.3 Å². The Kier molecular flexibility index (Phi) is 8.96. The maximum absolute atomic E-state index is 14.3. The van der Waals surface area contributed by atoms with Gasteiger partial charge in [-0.25, -0.2) is 9.79 Å². The Morgan fingerprint density at radius 3 is 2.48 bits per heavy atom. The summed E-state index contributed by atoms with van der Waals surface area (Å²) in [5, 5.41) is 2.42. The van der Waals surface area contributed by atoms with Crippen molar-refractivity contribution < 1.29 is 23.7 Å². The van der Waals surface area contributed by atoms with E-state index in [4.69, 9.17) is 35.5 Å². The summed E-state index contributed by atoms with van der Waals surface area (Å²) in [4.78, 5) is 32.9. The molecule has 5 aromatic rings. The van der Waals surface area contributed by atoms with Gasteiger partial charge in [0.15, 0.2) is 16.3 Å². The van der Waals surface area contributed by atoms with Crippen molar-refractivity contribution in [2.45, 2.75) is 26.5 Å². The van der Waals surface area contributed by atoms with Crippen molar-refractivity contribution >= 4 is 45.8 Å². The number of hydrogen-bond donors (Lipinski definition) is 0. The average Bonchev–Trinajstić information content (AvgIpc) is 3.37. The van der Waals surface area contributed by atoms with E-state index >= 15 is 0 Å². The zero-order valence-corrected chi connectivity index (χ0v) is 27.3. The van der Waals surface area contributed by atoms with Gasteiger partial charge in [-0.3, -0.25) is 9.36 Å². The monoisotopic (exact) mass is 654 g/mol. The van der Waals surface area contributed by atoms with Gasteiger partial charge in [0.05, 0.1) is 36.6 Å². The summed E-state index contributed by atoms with van der Waals surface area (Å²) >= 11 is 7.54. The second-order valence-electron chi connectivity index (χ2n) is 10.5. The van der Waals surface area contributed by atoms with Gasteiger partial charge in [-0.1, -0.05) is 77.5 Å². The molecule has 0 amide bonds. The molecular weight excluding hydrogens is 624 g/mol. The third kappa shape index (κ3) is 5.79. The normalized spacial score (nSPS) is 14.5. The Labute approximate surface area is 274 Å². The Morgan fingerprint density at radius 1 is 0.978 bits per heavy atom. The van der Waals surface area contributed by atoms with Crippen LogP contribution < -0.4 is 29.1 Å². The lowest BCUT2D eigenvalue weighted by molar-refractivity contribution is -0.139. The molecule has 1 atom stereocenters. The van der Waals surface area contributed by atoms with Crippen LogP contribution in [0.2, 0.25) is 5.02 Å². The van der Waals surface area contributed by atoms with Crippen molar-refractivity contribution in [2.24, 2.45) is 4.99 Å². The van der Waals surface area contributed by atoms with Gasteiger partial charge >= 0.3 is 5.97 Å². The number of aromatic nitrogens is 1. The zero-order chi connectivity index (χ0) is 32.4. The molecule has 1 unspecified atom stereocenters. The first-order chi connectivity index (χ1) is 22.3. The molecule has 8 nitrogen and oxygen atoms in total. The van der Waals surface area contributed by atoms with Crippen molar-refractivity contribution in [3.05, 3.63) is 132 Å². The molecule has 0 spiro atoms. The molecule has 6 rings (SSSR count). The number of halogens is 1. The maximum Gasteiger partial charge on any atom is 0.338 e. The Balaban J connectivity index is 1.48. The van der Waals surface area contributed by atoms with E-state index in [0.717, 1.165) is 21.9 Å². The minimum Gasteiger partial charge on any atom is -0.496 e. The first-order valence-corrected chi connectivity index (χ1v) is 15.8. The Morgan fingerprint density at radius 2 is 1.72 bits per heavy atom. The lowest BCUT2D eigenvalue weighted by atomic mass is 9.90. The minimum atomic E-state index is -0.825. The van der Waals surface area contributed by atoms with Crippen LogP contribution in [-0.4, -0.2) is 31.4 Å². The minimum absolute atomic E-state index is 0.180. The number of carbonyl (C=O) groups excluding carboxylic acids is 1. The first kappa shape index (κ1) is 31.1. The predicted molar refractivity (Wildman–Crippen MR) is 180 cm³/mol. The average molecular weight is 655 g/mol. The fourth-order valence-electron chi connectivity index (χ4n) is 5.62. The van der Waals surface area contributed by atoms with Crippen LogP contribution in [0.25, 0.3) is 16.8 Å². The molecule has 1 aliphatic heterocycles. The highest BCUT2D eigenvalue weighted by Crippen LogP contribution is 2.40. The number of esters is 1. The molecule has 0 N–H and O–H groups in total. The molecule has 10 heteroatoms. The molecule has 46 heavy (non-hydrogen) atoms. The summed E-state index contributed by atoms with van der Waals surface area (Å²) in [5.74, 6) is 1.06. The highest BCUT2D eigenvalue weighted by atomic mass is 35.5. The summed E-state index contributed by atoms with van der Waals surface area (Å²) in [6.07, 6.45) is 1.78. The van der Waals surface area contributed by atoms with Crippen molar-refractivity contribution in [1.82, 2.24) is 4.57 Å². The number of rotatable bonds is 9. The molecule has 1 aromatic heterocycles. The maximum atomic E-state index is 14.3. The molecule has 234 valence electrons. The van der Waals surface area contributed by atoms with Gasteiger partial charge in [-0.05, 0) is 60.5 Å². The number of benzene rings is 4. The van der Waals surface area contributed by atoms with Gasteiger partial charge in [0.2, 0.25) is 0 Å². The number of thiazole rings is 1. The smallest absolute Gasteiger partial charge is 0.338 e. The first-order valence-electron chi connectivity index (χ1n) is 14.6. The van der Waals surface area contributed by atoms with Crippen LogP contribution in [0.5, 0.6) is 17.2 Å². The molecular formula is C36H31ClN2O6S. The van der Waals surface area contributed by atoms with E-state index in [1.54, 1.807) is 50.8 Å². The van der Waals surface area contributed by atoms with Crippen molar-refractivity contribution in [1.29, 1.82) is 0 Å². The number of allylic oxidation sites excluding steroid dienone is 1. The second kappa shape index (κ2) is 13.2. The highest BCUT2D eigenvalue weighted by Gasteiger charge is 2.36. The SMILES string of the molecule is CCOC(=O)C1=C(C)N=c2s/c(=C\c3ccc(OCc4ccccc4Cl)c(OC)c3)c(=O)n2C1c1c(OC)ccc2ccccc12. The van der Waals surface area contributed by atoms with Gasteiger partial charge in [0.1, 0.15) is 18.4 Å². The molecule has 1 aliphatic rings. The van der Waals surface area contributed by atoms with Crippen LogP contribution >= 0.6 is 22.9 Å². The lowest BCUT2D eigenvalue weighted by Gasteiger charge is -2.27. The van der Waals surface area contributed by atoms with Crippen LogP contribution in [-0.2, 0) is 16.1 Å². The van der Waals surface area contributed by atoms with Crippen molar-refractivity contribution in [3.8, 4) is 17.2 Å². The summed E-state index contributed by atoms with van der Waals surface area (Å²) in [6, 6.07) is 23.7. The standard InChI is InChI=1S/C36H31ClN2O6S/c1-5-44-35(41)31-21(2)38-36-39(33(31)32-25-12-8-6-10-23(25)15-17-28(32)42-3)34(40)30(46-36)19-22-14-16-27(29(18-22)43-4)45-20-24-11-7-9-13-26(24)37/h6-19,33H,5,20H2,1-4H3/b30-19-. The van der Waals surface area contributed by atoms with Crippen LogP contribution in [0.4, 0.5) is 0 Å². The summed E-state index contributed by atoms with van der Waals surface area (Å²) in [5.41, 5.74) is 2.74. The predicted octanol–water partition coefficient (Wildman–Crippen LogP) is 6.20. The number of fused-ring (bicyclic) bond motifs is 2. The third-order valence-electron chi connectivity index (χ3n) is 7.77. The summed E-state index contributed by atoms with van der Waals surface area (Å²) in [6.45, 7) is 3.96. The molecule has 0 saturated carbocycles. The van der Waals surface area contributed by atoms with Gasteiger partial charge in [0.25, 0.3) is 5.56 Å². The third-order valence-corrected chi connectivity index (χ3v) is 9.12. The topological polar surface area (TPSA) is 88.4 Å². The quantitative estimate of drug-likeness (QED) is 0.176. The summed E-state index contributed by atoms with van der Waals surface area (Å²) < 4.78 is 25.0. The molecule has 0 fully saturated rings. The van der Waals surface area contributed by atoms with Crippen LogP contribution in [0.1, 0.15) is 36.6 Å². The van der Waals surface area contributed by atoms with E-state index in [9.17, 15) is 9.59 Å². The van der Waals surface area contributed by atoms with Crippen LogP contribution in [0.3, 0.4) is 0 Å². The zero-order valence-electron chi connectivity index (χ0n) is 25.7. The molecule has 0 saturated heterocycles. The summed E-state index contributed by atoms with van der Waals surface area (Å²) in [7, 11) is 3.14. The number of methoxy groups -OCH3 is 2. The molecule has 0 aliphatic carbocycles. The van der Waals surface area contributed by atoms with E-state index in [-0.39, 0.29) is 24.3 Å². The molecule has 0 radical (unpaired) electrons. The molecule has 2 heterocycles. The fourth-order valence-corrected chi connectivity index (χ4v) is 6.85. The van der Waals surface area contributed by atoms with Gasteiger partial charge in [-0.15, -0.1) is 0 Å². The van der Waals surface area contributed by atoms with E-state index in [1.807, 2.05) is 66.7 Å². The van der Waals surface area contributed by atoms with Crippen molar-refractivity contribution in [3.63, 3.8) is 0 Å². The Bertz CT molecular complexity index is 2190. The van der Waals surface area contributed by atoms with Gasteiger partial charge < -0.3 is 18.9 Å². The van der Waals surface area contributed by atoms with E-state index < -0.39 is 12.0 Å². The largest absolute Gasteiger partial charge is 0.496 e. The van der Waals surface area contributed by atoms with Crippen LogP contribution in [0.15, 0.2) is 99.9 Å². The Hall–Kier alpha value is -4.86. The highest BCUT2D eigenvalue weighted by molar-refractivity contribution is 7.07. The molecule has 0 bridgehead atoms. The number of nitrogens with zero attached hydrogens (tertiary/aromatic N) is 2. The number of hydrogen-bond acceptors (Lipinski definition) is 8. The fraction of sp³-hybridized carbons (Fsp3) is 0.194. The van der Waals surface area contributed by atoms with Gasteiger partial charge in [0, 0.05) is 16.1 Å². The van der Waals surface area contributed by atoms with Crippen LogP contribution in [0, 0.1) is 0 Å².